The lowest BCUT2D eigenvalue weighted by molar-refractivity contribution is 0.538. The van der Waals surface area contributed by atoms with E-state index >= 15 is 0 Å². The van der Waals surface area contributed by atoms with Crippen LogP contribution in [-0.2, 0) is 0 Å². The molecular weight excluding hydrogens is 391 g/mol. The number of allylic oxidation sites excluding steroid dienone is 2. The molecule has 2 aliphatic rings. The molecule has 140 valence electrons. The Labute approximate surface area is 173 Å². The number of halogens is 2. The van der Waals surface area contributed by atoms with E-state index in [1.54, 1.807) is 6.33 Å². The molecular formula is C22H18Cl2N4. The minimum absolute atomic E-state index is 0.0580. The van der Waals surface area contributed by atoms with Crippen molar-refractivity contribution in [1.82, 2.24) is 14.8 Å². The molecule has 5 rings (SSSR count). The lowest BCUT2D eigenvalue weighted by Gasteiger charge is -2.34. The second-order valence-electron chi connectivity index (χ2n) is 7.02. The van der Waals surface area contributed by atoms with E-state index in [0.29, 0.717) is 0 Å². The molecule has 1 atom stereocenters. The maximum absolute atomic E-state index is 6.57. The lowest BCUT2D eigenvalue weighted by Crippen LogP contribution is -2.28. The molecule has 3 aromatic rings. The molecule has 4 nitrogen and oxygen atoms in total. The minimum atomic E-state index is -0.0580. The summed E-state index contributed by atoms with van der Waals surface area (Å²) in [6.45, 7) is 0. The van der Waals surface area contributed by atoms with Gasteiger partial charge in [0.1, 0.15) is 12.4 Å². The largest absolute Gasteiger partial charge is 0.324 e. The Morgan fingerprint density at radius 1 is 1.00 bits per heavy atom. The predicted molar refractivity (Wildman–Crippen MR) is 114 cm³/mol. The Morgan fingerprint density at radius 2 is 1.79 bits per heavy atom. The maximum atomic E-state index is 6.57. The summed E-state index contributed by atoms with van der Waals surface area (Å²) in [5, 5.41) is 9.48. The van der Waals surface area contributed by atoms with Crippen molar-refractivity contribution in [2.75, 3.05) is 5.32 Å². The van der Waals surface area contributed by atoms with Gasteiger partial charge in [0.15, 0.2) is 0 Å². The second kappa shape index (κ2) is 7.12. The number of benzene rings is 2. The van der Waals surface area contributed by atoms with Crippen molar-refractivity contribution in [1.29, 1.82) is 0 Å². The predicted octanol–water partition coefficient (Wildman–Crippen LogP) is 6.12. The van der Waals surface area contributed by atoms with Crippen molar-refractivity contribution < 1.29 is 0 Å². The summed E-state index contributed by atoms with van der Waals surface area (Å²) >= 11 is 13.0. The molecule has 2 aromatic carbocycles. The van der Waals surface area contributed by atoms with Crippen LogP contribution in [0.2, 0.25) is 10.0 Å². The Morgan fingerprint density at radius 3 is 2.61 bits per heavy atom. The third-order valence-electron chi connectivity index (χ3n) is 5.35. The normalized spacial score (nSPS) is 19.9. The molecule has 0 radical (unpaired) electrons. The molecule has 1 aromatic heterocycles. The fourth-order valence-electron chi connectivity index (χ4n) is 4.09. The maximum Gasteiger partial charge on any atom is 0.226 e. The van der Waals surface area contributed by atoms with E-state index in [9.17, 15) is 0 Å². The van der Waals surface area contributed by atoms with Crippen molar-refractivity contribution in [2.24, 2.45) is 0 Å². The van der Waals surface area contributed by atoms with Gasteiger partial charge in [-0.05, 0) is 59.7 Å². The standard InChI is InChI=1S/C22H18Cl2N4/c23-18-10-3-1-6-14(18)12-15-7-5-9-17-20(15)27-22-25-13-26-28(22)21(17)16-8-2-4-11-19(16)24/h1-4,6,8,10-13,21H,5,7,9H2,(H,25,26,27)/b15-12-/t21-/m0/s1. The van der Waals surface area contributed by atoms with Gasteiger partial charge >= 0.3 is 0 Å². The van der Waals surface area contributed by atoms with Crippen molar-refractivity contribution in [3.8, 4) is 0 Å². The van der Waals surface area contributed by atoms with E-state index in [-0.39, 0.29) is 6.04 Å². The summed E-state index contributed by atoms with van der Waals surface area (Å²) in [6, 6.07) is 15.8. The minimum Gasteiger partial charge on any atom is -0.324 e. The zero-order valence-electron chi connectivity index (χ0n) is 15.1. The first kappa shape index (κ1) is 17.5. The van der Waals surface area contributed by atoms with Gasteiger partial charge in [-0.15, -0.1) is 0 Å². The molecule has 0 saturated carbocycles. The summed E-state index contributed by atoms with van der Waals surface area (Å²) < 4.78 is 1.93. The van der Waals surface area contributed by atoms with Crippen molar-refractivity contribution in [2.45, 2.75) is 25.3 Å². The number of aromatic nitrogens is 3. The quantitative estimate of drug-likeness (QED) is 0.554. The molecule has 2 heterocycles. The number of hydrogen-bond acceptors (Lipinski definition) is 3. The van der Waals surface area contributed by atoms with Crippen LogP contribution in [0.25, 0.3) is 6.08 Å². The van der Waals surface area contributed by atoms with Crippen LogP contribution in [0.15, 0.2) is 71.7 Å². The SMILES string of the molecule is Clc1ccccc1/C=C1/CCCC2=C1Nc1ncnn1[C@H]2c1ccccc1Cl. The molecule has 1 N–H and O–H groups in total. The zero-order valence-corrected chi connectivity index (χ0v) is 16.6. The molecule has 6 heteroatoms. The first-order valence-electron chi connectivity index (χ1n) is 9.32. The molecule has 0 spiro atoms. The van der Waals surface area contributed by atoms with Gasteiger partial charge in [-0.3, -0.25) is 0 Å². The number of nitrogens with zero attached hydrogens (tertiary/aromatic N) is 3. The summed E-state index contributed by atoms with van der Waals surface area (Å²) in [4.78, 5) is 4.42. The third kappa shape index (κ3) is 2.93. The summed E-state index contributed by atoms with van der Waals surface area (Å²) in [7, 11) is 0. The van der Waals surface area contributed by atoms with Gasteiger partial charge in [0, 0.05) is 15.7 Å². The summed E-state index contributed by atoms with van der Waals surface area (Å²) in [6.07, 6.45) is 6.81. The summed E-state index contributed by atoms with van der Waals surface area (Å²) in [5.41, 5.74) is 5.72. The van der Waals surface area contributed by atoms with E-state index in [1.807, 2.05) is 47.1 Å². The van der Waals surface area contributed by atoms with Crippen LogP contribution in [0.3, 0.4) is 0 Å². The van der Waals surface area contributed by atoms with E-state index in [2.05, 4.69) is 27.5 Å². The number of hydrogen-bond donors (Lipinski definition) is 1. The summed E-state index contributed by atoms with van der Waals surface area (Å²) in [5.74, 6) is 0.732. The highest BCUT2D eigenvalue weighted by Crippen LogP contribution is 2.45. The topological polar surface area (TPSA) is 42.7 Å². The molecule has 28 heavy (non-hydrogen) atoms. The van der Waals surface area contributed by atoms with Gasteiger partial charge < -0.3 is 5.32 Å². The van der Waals surface area contributed by atoms with Gasteiger partial charge in [0.25, 0.3) is 0 Å². The lowest BCUT2D eigenvalue weighted by atomic mass is 9.83. The van der Waals surface area contributed by atoms with Gasteiger partial charge in [0.2, 0.25) is 5.95 Å². The van der Waals surface area contributed by atoms with Gasteiger partial charge in [-0.2, -0.15) is 10.1 Å². The molecule has 0 fully saturated rings. The van der Waals surface area contributed by atoms with Crippen molar-refractivity contribution in [3.05, 3.63) is 92.9 Å². The Balaban J connectivity index is 1.68. The van der Waals surface area contributed by atoms with Crippen molar-refractivity contribution in [3.63, 3.8) is 0 Å². The molecule has 0 unspecified atom stereocenters. The first-order valence-corrected chi connectivity index (χ1v) is 10.1. The smallest absolute Gasteiger partial charge is 0.226 e. The molecule has 1 aliphatic carbocycles. The van der Waals surface area contributed by atoms with Gasteiger partial charge in [-0.1, -0.05) is 59.6 Å². The van der Waals surface area contributed by atoms with Crippen LogP contribution in [-0.4, -0.2) is 14.8 Å². The van der Waals surface area contributed by atoms with Crippen LogP contribution in [0.5, 0.6) is 0 Å². The van der Waals surface area contributed by atoms with E-state index < -0.39 is 0 Å². The van der Waals surface area contributed by atoms with E-state index in [4.69, 9.17) is 23.2 Å². The zero-order chi connectivity index (χ0) is 19.1. The Kier molecular flexibility index (Phi) is 4.46. The average Bonchev–Trinajstić information content (AvgIpc) is 3.17. The molecule has 1 aliphatic heterocycles. The highest BCUT2D eigenvalue weighted by Gasteiger charge is 2.34. The van der Waals surface area contributed by atoms with E-state index in [0.717, 1.165) is 52.1 Å². The number of fused-ring (bicyclic) bond motifs is 1. The average molecular weight is 409 g/mol. The van der Waals surface area contributed by atoms with Crippen LogP contribution in [0.4, 0.5) is 5.95 Å². The third-order valence-corrected chi connectivity index (χ3v) is 6.04. The van der Waals surface area contributed by atoms with Crippen molar-refractivity contribution >= 4 is 35.2 Å². The first-order chi connectivity index (χ1) is 13.7. The van der Waals surface area contributed by atoms with E-state index in [1.165, 1.54) is 11.1 Å². The Bertz CT molecular complexity index is 1110. The number of rotatable bonds is 2. The van der Waals surface area contributed by atoms with Crippen LogP contribution in [0.1, 0.15) is 36.4 Å². The van der Waals surface area contributed by atoms with Crippen LogP contribution < -0.4 is 5.32 Å². The highest BCUT2D eigenvalue weighted by molar-refractivity contribution is 6.32. The molecule has 0 saturated heterocycles. The molecule has 0 amide bonds. The van der Waals surface area contributed by atoms with Crippen LogP contribution >= 0.6 is 23.2 Å². The molecule has 0 bridgehead atoms. The highest BCUT2D eigenvalue weighted by atomic mass is 35.5. The van der Waals surface area contributed by atoms with Gasteiger partial charge in [0.05, 0.1) is 0 Å². The number of anilines is 1. The van der Waals surface area contributed by atoms with Crippen LogP contribution in [0, 0.1) is 0 Å². The fourth-order valence-corrected chi connectivity index (χ4v) is 4.52. The van der Waals surface area contributed by atoms with Gasteiger partial charge in [-0.25, -0.2) is 4.68 Å². The Hall–Kier alpha value is -2.56. The monoisotopic (exact) mass is 408 g/mol. The second-order valence-corrected chi connectivity index (χ2v) is 7.84. The fraction of sp³-hybridized carbons (Fsp3) is 0.182. The number of nitrogens with one attached hydrogen (secondary N) is 1.